The van der Waals surface area contributed by atoms with Crippen LogP contribution in [0.4, 0.5) is 5.13 Å². The van der Waals surface area contributed by atoms with Crippen molar-refractivity contribution in [3.05, 3.63) is 10.6 Å². The van der Waals surface area contributed by atoms with Crippen molar-refractivity contribution in [2.75, 3.05) is 5.73 Å². The van der Waals surface area contributed by atoms with Gasteiger partial charge in [-0.15, -0.1) is 11.3 Å². The molecule has 3 heteroatoms. The van der Waals surface area contributed by atoms with Gasteiger partial charge < -0.3 is 5.73 Å². The van der Waals surface area contributed by atoms with Crippen molar-refractivity contribution in [2.45, 2.75) is 34.1 Å². The van der Waals surface area contributed by atoms with Gasteiger partial charge in [0.25, 0.3) is 0 Å². The van der Waals surface area contributed by atoms with Gasteiger partial charge in [-0.1, -0.05) is 20.8 Å². The maximum atomic E-state index is 5.61. The third-order valence-corrected chi connectivity index (χ3v) is 2.59. The molecule has 2 nitrogen and oxygen atoms in total. The van der Waals surface area contributed by atoms with Crippen LogP contribution >= 0.6 is 11.3 Å². The summed E-state index contributed by atoms with van der Waals surface area (Å²) < 4.78 is 0. The molecule has 68 valence electrons. The van der Waals surface area contributed by atoms with Gasteiger partial charge in [0.1, 0.15) is 0 Å². The van der Waals surface area contributed by atoms with Gasteiger partial charge in [0.05, 0.1) is 5.69 Å². The minimum Gasteiger partial charge on any atom is -0.375 e. The van der Waals surface area contributed by atoms with Gasteiger partial charge in [-0.2, -0.15) is 0 Å². The van der Waals surface area contributed by atoms with Crippen molar-refractivity contribution < 1.29 is 0 Å². The van der Waals surface area contributed by atoms with E-state index >= 15 is 0 Å². The molecule has 1 aromatic rings. The highest BCUT2D eigenvalue weighted by molar-refractivity contribution is 7.15. The van der Waals surface area contributed by atoms with Gasteiger partial charge in [-0.25, -0.2) is 4.98 Å². The number of hydrogen-bond donors (Lipinski definition) is 1. The third-order valence-electron chi connectivity index (χ3n) is 1.60. The van der Waals surface area contributed by atoms with Crippen LogP contribution < -0.4 is 5.73 Å². The summed E-state index contributed by atoms with van der Waals surface area (Å²) in [6.07, 6.45) is 1.06. The Morgan fingerprint density at radius 3 is 2.33 bits per heavy atom. The van der Waals surface area contributed by atoms with Crippen LogP contribution in [0.3, 0.4) is 0 Å². The lowest BCUT2D eigenvalue weighted by molar-refractivity contribution is 0.413. The SMILES string of the molecule is Cc1nc(N)sc1CC(C)(C)C. The monoisotopic (exact) mass is 184 g/mol. The highest BCUT2D eigenvalue weighted by atomic mass is 32.1. The highest BCUT2D eigenvalue weighted by Gasteiger charge is 2.15. The molecule has 0 radical (unpaired) electrons. The summed E-state index contributed by atoms with van der Waals surface area (Å²) in [5.41, 5.74) is 7.02. The fraction of sp³-hybridized carbons (Fsp3) is 0.667. The quantitative estimate of drug-likeness (QED) is 0.728. The van der Waals surface area contributed by atoms with Crippen LogP contribution in [0.25, 0.3) is 0 Å². The Kier molecular flexibility index (Phi) is 2.42. The number of anilines is 1. The molecule has 12 heavy (non-hydrogen) atoms. The fourth-order valence-electron chi connectivity index (χ4n) is 1.10. The van der Waals surface area contributed by atoms with E-state index in [1.807, 2.05) is 6.92 Å². The predicted octanol–water partition coefficient (Wildman–Crippen LogP) is 2.62. The van der Waals surface area contributed by atoms with E-state index in [1.165, 1.54) is 4.88 Å². The first-order valence-electron chi connectivity index (χ1n) is 4.10. The number of rotatable bonds is 1. The molecular formula is C9H16N2S. The number of nitrogens with zero attached hydrogens (tertiary/aromatic N) is 1. The Morgan fingerprint density at radius 1 is 1.42 bits per heavy atom. The zero-order chi connectivity index (χ0) is 9.35. The Hall–Kier alpha value is -0.570. The van der Waals surface area contributed by atoms with E-state index < -0.39 is 0 Å². The Morgan fingerprint density at radius 2 is 2.00 bits per heavy atom. The summed E-state index contributed by atoms with van der Waals surface area (Å²) in [5.74, 6) is 0. The fourth-order valence-corrected chi connectivity index (χ4v) is 2.23. The number of nitrogen functional groups attached to an aromatic ring is 1. The second-order valence-corrected chi connectivity index (χ2v) is 5.41. The molecule has 2 N–H and O–H groups in total. The van der Waals surface area contributed by atoms with Crippen LogP contribution in [-0.4, -0.2) is 4.98 Å². The second-order valence-electron chi connectivity index (χ2n) is 4.30. The second kappa shape index (κ2) is 3.05. The molecule has 0 amide bonds. The lowest BCUT2D eigenvalue weighted by Gasteiger charge is -2.16. The topological polar surface area (TPSA) is 38.9 Å². The van der Waals surface area contributed by atoms with E-state index in [-0.39, 0.29) is 0 Å². The van der Waals surface area contributed by atoms with E-state index in [4.69, 9.17) is 5.73 Å². The molecule has 1 heterocycles. The summed E-state index contributed by atoms with van der Waals surface area (Å²) in [7, 11) is 0. The van der Waals surface area contributed by atoms with Crippen LogP contribution in [0.15, 0.2) is 0 Å². The van der Waals surface area contributed by atoms with Gasteiger partial charge >= 0.3 is 0 Å². The smallest absolute Gasteiger partial charge is 0.180 e. The molecule has 1 aromatic heterocycles. The van der Waals surface area contributed by atoms with E-state index in [0.717, 1.165) is 12.1 Å². The predicted molar refractivity (Wildman–Crippen MR) is 54.4 cm³/mol. The Labute approximate surface area is 77.8 Å². The first-order chi connectivity index (χ1) is 5.38. The molecule has 0 saturated carbocycles. The molecule has 0 spiro atoms. The molecule has 0 aliphatic carbocycles. The third kappa shape index (κ3) is 2.48. The largest absolute Gasteiger partial charge is 0.375 e. The summed E-state index contributed by atoms with van der Waals surface area (Å²) in [6, 6.07) is 0. The number of hydrogen-bond acceptors (Lipinski definition) is 3. The number of nitrogens with two attached hydrogens (primary N) is 1. The van der Waals surface area contributed by atoms with Crippen molar-refractivity contribution in [1.29, 1.82) is 0 Å². The first-order valence-corrected chi connectivity index (χ1v) is 4.92. The van der Waals surface area contributed by atoms with Crippen molar-refractivity contribution in [1.82, 2.24) is 4.98 Å². The van der Waals surface area contributed by atoms with Crippen LogP contribution in [0.5, 0.6) is 0 Å². The molecule has 0 atom stereocenters. The average molecular weight is 184 g/mol. The molecule has 1 rings (SSSR count). The van der Waals surface area contributed by atoms with E-state index in [9.17, 15) is 0 Å². The first kappa shape index (κ1) is 9.52. The average Bonchev–Trinajstić information content (AvgIpc) is 2.06. The van der Waals surface area contributed by atoms with Crippen LogP contribution in [0.1, 0.15) is 31.3 Å². The molecule has 0 aliphatic heterocycles. The van der Waals surface area contributed by atoms with E-state index in [0.29, 0.717) is 10.5 Å². The van der Waals surface area contributed by atoms with E-state index in [1.54, 1.807) is 11.3 Å². The van der Waals surface area contributed by atoms with Gasteiger partial charge in [-0.05, 0) is 18.8 Å². The van der Waals surface area contributed by atoms with Crippen molar-refractivity contribution in [3.63, 3.8) is 0 Å². The van der Waals surface area contributed by atoms with Gasteiger partial charge in [0.15, 0.2) is 5.13 Å². The number of aromatic nitrogens is 1. The molecule has 0 fully saturated rings. The Balaban J connectivity index is 2.82. The van der Waals surface area contributed by atoms with Gasteiger partial charge in [0.2, 0.25) is 0 Å². The normalized spacial score (nSPS) is 12.0. The Bertz CT molecular complexity index is 271. The maximum absolute atomic E-state index is 5.61. The zero-order valence-electron chi connectivity index (χ0n) is 8.14. The summed E-state index contributed by atoms with van der Waals surface area (Å²) in [4.78, 5) is 5.51. The molecule has 0 unspecified atom stereocenters. The van der Waals surface area contributed by atoms with Crippen molar-refractivity contribution in [2.24, 2.45) is 5.41 Å². The van der Waals surface area contributed by atoms with E-state index in [2.05, 4.69) is 25.8 Å². The molecule has 0 bridgehead atoms. The molecular weight excluding hydrogens is 168 g/mol. The molecule has 0 aliphatic rings. The van der Waals surface area contributed by atoms with Gasteiger partial charge in [-0.3, -0.25) is 0 Å². The van der Waals surface area contributed by atoms with Crippen molar-refractivity contribution >= 4 is 16.5 Å². The summed E-state index contributed by atoms with van der Waals surface area (Å²) >= 11 is 1.61. The minimum absolute atomic E-state index is 0.323. The van der Waals surface area contributed by atoms with Crippen LogP contribution in [-0.2, 0) is 6.42 Å². The molecule has 0 saturated heterocycles. The van der Waals surface area contributed by atoms with Crippen LogP contribution in [0, 0.1) is 12.3 Å². The summed E-state index contributed by atoms with van der Waals surface area (Å²) in [6.45, 7) is 8.70. The van der Waals surface area contributed by atoms with Crippen molar-refractivity contribution in [3.8, 4) is 0 Å². The zero-order valence-corrected chi connectivity index (χ0v) is 8.96. The van der Waals surface area contributed by atoms with Gasteiger partial charge in [0, 0.05) is 4.88 Å². The maximum Gasteiger partial charge on any atom is 0.180 e. The highest BCUT2D eigenvalue weighted by Crippen LogP contribution is 2.27. The number of thiazole rings is 1. The minimum atomic E-state index is 0.323. The standard InChI is InChI=1S/C9H16N2S/c1-6-7(5-9(2,3)4)12-8(10)11-6/h5H2,1-4H3,(H2,10,11). The summed E-state index contributed by atoms with van der Waals surface area (Å²) in [5, 5.41) is 0.687. The lowest BCUT2D eigenvalue weighted by atomic mass is 9.91. The number of aryl methyl sites for hydroxylation is 1. The molecule has 0 aromatic carbocycles. The van der Waals surface area contributed by atoms with Crippen LogP contribution in [0.2, 0.25) is 0 Å². The lowest BCUT2D eigenvalue weighted by Crippen LogP contribution is -2.08.